The Hall–Kier alpha value is -1.06. The normalized spacial score (nSPS) is 22.3. The molecule has 1 N–H and O–H groups in total. The highest BCUT2D eigenvalue weighted by atomic mass is 16.5. The van der Waals surface area contributed by atoms with Crippen molar-refractivity contribution in [2.45, 2.75) is 25.7 Å². The largest absolute Gasteiger partial charge is 0.481 e. The molecular formula is C8H12O4. The van der Waals surface area contributed by atoms with E-state index < -0.39 is 5.97 Å². The van der Waals surface area contributed by atoms with Crippen LogP contribution in [0.15, 0.2) is 0 Å². The Kier molecular flexibility index (Phi) is 3.08. The van der Waals surface area contributed by atoms with Crippen molar-refractivity contribution in [2.24, 2.45) is 5.92 Å². The summed E-state index contributed by atoms with van der Waals surface area (Å²) in [7, 11) is 0. The van der Waals surface area contributed by atoms with E-state index in [0.717, 1.165) is 6.42 Å². The number of carboxylic acid groups (broad SMARTS) is 1. The van der Waals surface area contributed by atoms with Gasteiger partial charge in [0.2, 0.25) is 0 Å². The topological polar surface area (TPSA) is 63.6 Å². The Morgan fingerprint density at radius 2 is 2.42 bits per heavy atom. The third-order valence-corrected chi connectivity index (χ3v) is 1.99. The van der Waals surface area contributed by atoms with Crippen molar-refractivity contribution in [3.63, 3.8) is 0 Å². The Morgan fingerprint density at radius 3 is 2.92 bits per heavy atom. The molecule has 0 aromatic carbocycles. The predicted molar refractivity (Wildman–Crippen MR) is 40.6 cm³/mol. The number of aliphatic carboxylic acids is 1. The zero-order chi connectivity index (χ0) is 8.97. The molecule has 0 radical (unpaired) electrons. The second-order valence-corrected chi connectivity index (χ2v) is 2.94. The van der Waals surface area contributed by atoms with Gasteiger partial charge in [0.1, 0.15) is 0 Å². The maximum atomic E-state index is 10.9. The summed E-state index contributed by atoms with van der Waals surface area (Å²) in [6.07, 6.45) is 2.10. The quantitative estimate of drug-likeness (QED) is 0.637. The molecular weight excluding hydrogens is 160 g/mol. The molecule has 1 rings (SSSR count). The summed E-state index contributed by atoms with van der Waals surface area (Å²) in [5.74, 6) is -1.02. The van der Waals surface area contributed by atoms with E-state index in [0.29, 0.717) is 19.4 Å². The zero-order valence-corrected chi connectivity index (χ0v) is 6.78. The molecule has 1 saturated heterocycles. The molecule has 1 heterocycles. The highest BCUT2D eigenvalue weighted by molar-refractivity contribution is 5.74. The lowest BCUT2D eigenvalue weighted by atomic mass is 10.0. The van der Waals surface area contributed by atoms with Gasteiger partial charge in [0.05, 0.1) is 12.5 Å². The monoisotopic (exact) mass is 172 g/mol. The van der Waals surface area contributed by atoms with Gasteiger partial charge < -0.3 is 9.84 Å². The van der Waals surface area contributed by atoms with Gasteiger partial charge >= 0.3 is 11.9 Å². The summed E-state index contributed by atoms with van der Waals surface area (Å²) in [5.41, 5.74) is 0. The van der Waals surface area contributed by atoms with Crippen LogP contribution in [-0.2, 0) is 14.3 Å². The molecule has 0 saturated carbocycles. The van der Waals surface area contributed by atoms with E-state index in [1.54, 1.807) is 0 Å². The van der Waals surface area contributed by atoms with Crippen molar-refractivity contribution in [3.05, 3.63) is 0 Å². The molecule has 12 heavy (non-hydrogen) atoms. The lowest BCUT2D eigenvalue weighted by molar-refractivity contribution is -0.142. The van der Waals surface area contributed by atoms with Crippen LogP contribution in [0.3, 0.4) is 0 Å². The molecule has 1 unspecified atom stereocenters. The molecule has 0 aromatic rings. The van der Waals surface area contributed by atoms with Crippen LogP contribution in [0.2, 0.25) is 0 Å². The van der Waals surface area contributed by atoms with E-state index in [1.807, 2.05) is 0 Å². The van der Waals surface area contributed by atoms with Gasteiger partial charge in [0, 0.05) is 6.42 Å². The molecule has 1 atom stereocenters. The van der Waals surface area contributed by atoms with E-state index in [4.69, 9.17) is 9.84 Å². The minimum Gasteiger partial charge on any atom is -0.481 e. The van der Waals surface area contributed by atoms with Crippen LogP contribution in [0.25, 0.3) is 0 Å². The van der Waals surface area contributed by atoms with Gasteiger partial charge in [0.25, 0.3) is 0 Å². The lowest BCUT2D eigenvalue weighted by Gasteiger charge is -2.01. The number of cyclic esters (lactones) is 1. The van der Waals surface area contributed by atoms with Gasteiger partial charge in [-0.3, -0.25) is 9.59 Å². The van der Waals surface area contributed by atoms with Crippen molar-refractivity contribution in [2.75, 3.05) is 6.61 Å². The average molecular weight is 172 g/mol. The van der Waals surface area contributed by atoms with Gasteiger partial charge in [-0.2, -0.15) is 0 Å². The molecule has 4 nitrogen and oxygen atoms in total. The molecule has 1 fully saturated rings. The van der Waals surface area contributed by atoms with Crippen molar-refractivity contribution in [1.29, 1.82) is 0 Å². The average Bonchev–Trinajstić information content (AvgIpc) is 2.36. The number of hydrogen-bond acceptors (Lipinski definition) is 3. The smallest absolute Gasteiger partial charge is 0.309 e. The zero-order valence-electron chi connectivity index (χ0n) is 6.78. The molecule has 0 bridgehead atoms. The van der Waals surface area contributed by atoms with Gasteiger partial charge in [0.15, 0.2) is 0 Å². The fraction of sp³-hybridized carbons (Fsp3) is 0.750. The molecule has 68 valence electrons. The number of esters is 1. The lowest BCUT2D eigenvalue weighted by Crippen LogP contribution is -2.08. The summed E-state index contributed by atoms with van der Waals surface area (Å²) in [6, 6.07) is 0. The fourth-order valence-corrected chi connectivity index (χ4v) is 1.30. The Labute approximate surface area is 70.5 Å². The summed E-state index contributed by atoms with van der Waals surface area (Å²) in [4.78, 5) is 21.0. The van der Waals surface area contributed by atoms with Crippen molar-refractivity contribution in [1.82, 2.24) is 0 Å². The first kappa shape index (κ1) is 9.03. The number of carbonyl (C=O) groups excluding carboxylic acids is 1. The van der Waals surface area contributed by atoms with E-state index in [2.05, 4.69) is 0 Å². The van der Waals surface area contributed by atoms with Crippen molar-refractivity contribution >= 4 is 11.9 Å². The van der Waals surface area contributed by atoms with Gasteiger partial charge in [-0.05, 0) is 19.3 Å². The number of carbonyl (C=O) groups is 2. The summed E-state index contributed by atoms with van der Waals surface area (Å²) in [6.45, 7) is 0.497. The first-order valence-electron chi connectivity index (χ1n) is 4.08. The Bertz CT molecular complexity index is 187. The Morgan fingerprint density at radius 1 is 1.67 bits per heavy atom. The number of hydrogen-bond donors (Lipinski definition) is 1. The van der Waals surface area contributed by atoms with Crippen molar-refractivity contribution in [3.8, 4) is 0 Å². The minimum atomic E-state index is -0.804. The van der Waals surface area contributed by atoms with E-state index >= 15 is 0 Å². The maximum Gasteiger partial charge on any atom is 0.309 e. The number of carboxylic acids is 1. The van der Waals surface area contributed by atoms with Crippen LogP contribution < -0.4 is 0 Å². The highest BCUT2D eigenvalue weighted by Gasteiger charge is 2.25. The van der Waals surface area contributed by atoms with Crippen LogP contribution in [-0.4, -0.2) is 23.7 Å². The molecule has 0 amide bonds. The third kappa shape index (κ3) is 2.53. The highest BCUT2D eigenvalue weighted by Crippen LogP contribution is 2.20. The molecule has 1 aliphatic heterocycles. The summed E-state index contributed by atoms with van der Waals surface area (Å²) in [5, 5.41) is 8.34. The van der Waals surface area contributed by atoms with Gasteiger partial charge in [-0.15, -0.1) is 0 Å². The van der Waals surface area contributed by atoms with Gasteiger partial charge in [-0.1, -0.05) is 0 Å². The van der Waals surface area contributed by atoms with Crippen LogP contribution >= 0.6 is 0 Å². The minimum absolute atomic E-state index is 0.0515. The van der Waals surface area contributed by atoms with Crippen LogP contribution in [0.4, 0.5) is 0 Å². The molecule has 0 spiro atoms. The van der Waals surface area contributed by atoms with Crippen molar-refractivity contribution < 1.29 is 19.4 Å². The predicted octanol–water partition coefficient (Wildman–Crippen LogP) is 0.804. The number of ether oxygens (including phenoxy) is 1. The maximum absolute atomic E-state index is 10.9. The molecule has 1 aliphatic rings. The van der Waals surface area contributed by atoms with Gasteiger partial charge in [-0.25, -0.2) is 0 Å². The fourth-order valence-electron chi connectivity index (χ4n) is 1.30. The number of rotatable bonds is 4. The van der Waals surface area contributed by atoms with Crippen LogP contribution in [0.5, 0.6) is 0 Å². The SMILES string of the molecule is O=C(O)CCCC1CCOC1=O. The first-order chi connectivity index (χ1) is 5.70. The molecule has 4 heteroatoms. The van der Waals surface area contributed by atoms with Crippen LogP contribution in [0, 0.1) is 5.92 Å². The summed E-state index contributed by atoms with van der Waals surface area (Å²) < 4.78 is 4.74. The van der Waals surface area contributed by atoms with E-state index in [-0.39, 0.29) is 18.3 Å². The molecule has 0 aliphatic carbocycles. The second kappa shape index (κ2) is 4.09. The third-order valence-electron chi connectivity index (χ3n) is 1.99. The standard InChI is InChI=1S/C8H12O4/c9-7(10)3-1-2-6-4-5-12-8(6)11/h6H,1-5H2,(H,9,10). The summed E-state index contributed by atoms with van der Waals surface area (Å²) >= 11 is 0. The van der Waals surface area contributed by atoms with Crippen LogP contribution in [0.1, 0.15) is 25.7 Å². The first-order valence-corrected chi connectivity index (χ1v) is 4.08. The van der Waals surface area contributed by atoms with E-state index in [1.165, 1.54) is 0 Å². The van der Waals surface area contributed by atoms with E-state index in [9.17, 15) is 9.59 Å². The Balaban J connectivity index is 2.14. The molecule has 0 aromatic heterocycles. The second-order valence-electron chi connectivity index (χ2n) is 2.94.